The van der Waals surface area contributed by atoms with Crippen LogP contribution < -0.4 is 15.5 Å². The summed E-state index contributed by atoms with van der Waals surface area (Å²) in [5, 5.41) is 7.26. The number of carbonyl (C=O) groups is 1. The van der Waals surface area contributed by atoms with E-state index in [-0.39, 0.29) is 23.9 Å². The smallest absolute Gasteiger partial charge is 0.226 e. The summed E-state index contributed by atoms with van der Waals surface area (Å²) in [6.45, 7) is 12.2. The maximum Gasteiger partial charge on any atom is 0.226 e. The number of amides is 1. The van der Waals surface area contributed by atoms with Crippen LogP contribution in [0.4, 0.5) is 11.4 Å². The van der Waals surface area contributed by atoms with Crippen molar-refractivity contribution in [3.63, 3.8) is 0 Å². The zero-order valence-electron chi connectivity index (χ0n) is 23.3. The lowest BCUT2D eigenvalue weighted by atomic mass is 9.96. The van der Waals surface area contributed by atoms with Gasteiger partial charge in [-0.05, 0) is 105 Å². The van der Waals surface area contributed by atoms with Crippen LogP contribution in [0.15, 0.2) is 72.9 Å². The number of hydrogen-bond acceptors (Lipinski definition) is 3. The van der Waals surface area contributed by atoms with Crippen LogP contribution >= 0.6 is 12.2 Å². The molecule has 5 rings (SSSR count). The van der Waals surface area contributed by atoms with E-state index in [1.807, 2.05) is 57.3 Å². The van der Waals surface area contributed by atoms with Crippen LogP contribution in [0.1, 0.15) is 59.7 Å². The highest BCUT2D eigenvalue weighted by Crippen LogP contribution is 2.44. The number of benzene rings is 2. The number of pyridine rings is 1. The molecule has 2 N–H and O–H groups in total. The highest BCUT2D eigenvalue weighted by Gasteiger charge is 2.42. The van der Waals surface area contributed by atoms with E-state index < -0.39 is 0 Å². The van der Waals surface area contributed by atoms with Gasteiger partial charge in [0.25, 0.3) is 0 Å². The Morgan fingerprint density at radius 3 is 2.44 bits per heavy atom. The van der Waals surface area contributed by atoms with Gasteiger partial charge in [0.05, 0.1) is 17.8 Å². The highest BCUT2D eigenvalue weighted by atomic mass is 32.1. The molecule has 2 aromatic carbocycles. The molecule has 200 valence electrons. The number of aryl methyl sites for hydroxylation is 3. The van der Waals surface area contributed by atoms with Gasteiger partial charge in [-0.25, -0.2) is 0 Å². The molecule has 2 aromatic heterocycles. The fourth-order valence-electron chi connectivity index (χ4n) is 5.42. The molecule has 0 bridgehead atoms. The third-order valence-corrected chi connectivity index (χ3v) is 7.73. The lowest BCUT2D eigenvalue weighted by Crippen LogP contribution is -2.29. The van der Waals surface area contributed by atoms with Crippen molar-refractivity contribution in [3.05, 3.63) is 107 Å². The van der Waals surface area contributed by atoms with Gasteiger partial charge in [0.15, 0.2) is 5.11 Å². The molecule has 6 nitrogen and oxygen atoms in total. The number of anilines is 2. The van der Waals surface area contributed by atoms with E-state index in [1.54, 1.807) is 0 Å². The Labute approximate surface area is 236 Å². The van der Waals surface area contributed by atoms with Crippen LogP contribution in [0.25, 0.3) is 5.69 Å². The monoisotopic (exact) mass is 537 g/mol. The van der Waals surface area contributed by atoms with Crippen molar-refractivity contribution in [2.24, 2.45) is 5.92 Å². The van der Waals surface area contributed by atoms with Crippen molar-refractivity contribution in [3.8, 4) is 5.69 Å². The predicted molar refractivity (Wildman–Crippen MR) is 163 cm³/mol. The van der Waals surface area contributed by atoms with Crippen molar-refractivity contribution in [2.45, 2.75) is 53.6 Å². The van der Waals surface area contributed by atoms with Crippen molar-refractivity contribution < 1.29 is 4.79 Å². The van der Waals surface area contributed by atoms with E-state index in [9.17, 15) is 4.79 Å². The minimum atomic E-state index is -0.134. The lowest BCUT2D eigenvalue weighted by Gasteiger charge is -2.29. The average Bonchev–Trinajstić information content (AvgIpc) is 3.40. The topological polar surface area (TPSA) is 62.2 Å². The Morgan fingerprint density at radius 2 is 1.77 bits per heavy atom. The molecular formula is C32H35N5OS. The molecule has 0 aliphatic carbocycles. The van der Waals surface area contributed by atoms with Gasteiger partial charge in [-0.2, -0.15) is 0 Å². The zero-order valence-corrected chi connectivity index (χ0v) is 24.1. The maximum atomic E-state index is 12.3. The van der Waals surface area contributed by atoms with E-state index >= 15 is 0 Å². The summed E-state index contributed by atoms with van der Waals surface area (Å²) in [5.74, 6) is -0.0903. The number of carbonyl (C=O) groups excluding carboxylic acids is 1. The summed E-state index contributed by atoms with van der Waals surface area (Å²) < 4.78 is 2.31. The lowest BCUT2D eigenvalue weighted by molar-refractivity contribution is -0.118. The minimum absolute atomic E-state index is 0.000825. The van der Waals surface area contributed by atoms with Gasteiger partial charge in [0, 0.05) is 40.6 Å². The van der Waals surface area contributed by atoms with E-state index in [1.165, 1.54) is 11.1 Å². The first-order valence-electron chi connectivity index (χ1n) is 13.3. The van der Waals surface area contributed by atoms with Gasteiger partial charge in [-0.3, -0.25) is 9.78 Å². The Morgan fingerprint density at radius 1 is 0.974 bits per heavy atom. The molecule has 0 spiro atoms. The molecule has 3 heterocycles. The van der Waals surface area contributed by atoms with Crippen LogP contribution in [-0.2, 0) is 4.79 Å². The Bertz CT molecular complexity index is 1540. The van der Waals surface area contributed by atoms with Gasteiger partial charge >= 0.3 is 0 Å². The third-order valence-electron chi connectivity index (χ3n) is 7.42. The van der Waals surface area contributed by atoms with Crippen LogP contribution in [0.5, 0.6) is 0 Å². The Hall–Kier alpha value is -3.97. The van der Waals surface area contributed by atoms with Crippen LogP contribution in [-0.4, -0.2) is 20.6 Å². The summed E-state index contributed by atoms with van der Waals surface area (Å²) in [7, 11) is 0. The number of rotatable bonds is 6. The number of hydrogen-bond donors (Lipinski definition) is 2. The highest BCUT2D eigenvalue weighted by molar-refractivity contribution is 7.80. The molecular weight excluding hydrogens is 502 g/mol. The van der Waals surface area contributed by atoms with Crippen molar-refractivity contribution >= 4 is 34.6 Å². The first kappa shape index (κ1) is 26.6. The fraction of sp³-hybridized carbons (Fsp3) is 0.281. The molecule has 7 heteroatoms. The van der Waals surface area contributed by atoms with E-state index in [4.69, 9.17) is 17.2 Å². The molecule has 4 aromatic rings. The summed E-state index contributed by atoms with van der Waals surface area (Å²) in [5.41, 5.74) is 9.57. The second-order valence-electron chi connectivity index (χ2n) is 10.6. The first-order chi connectivity index (χ1) is 18.7. The maximum absolute atomic E-state index is 12.3. The summed E-state index contributed by atoms with van der Waals surface area (Å²) in [6, 6.07) is 22.7. The van der Waals surface area contributed by atoms with Crippen molar-refractivity contribution in [1.82, 2.24) is 14.9 Å². The van der Waals surface area contributed by atoms with Gasteiger partial charge in [-0.15, -0.1) is 0 Å². The molecule has 2 atom stereocenters. The molecule has 1 saturated heterocycles. The normalized spacial score (nSPS) is 17.0. The number of nitrogens with zero attached hydrogens (tertiary/aromatic N) is 3. The number of thiocarbonyl (C=S) groups is 1. The molecule has 1 aliphatic heterocycles. The van der Waals surface area contributed by atoms with Gasteiger partial charge in [0.2, 0.25) is 5.91 Å². The second kappa shape index (κ2) is 10.7. The van der Waals surface area contributed by atoms with Gasteiger partial charge in [-0.1, -0.05) is 32.0 Å². The molecule has 1 amide bonds. The van der Waals surface area contributed by atoms with Crippen LogP contribution in [0.2, 0.25) is 0 Å². The first-order valence-corrected chi connectivity index (χ1v) is 13.7. The van der Waals surface area contributed by atoms with Crippen molar-refractivity contribution in [1.29, 1.82) is 0 Å². The standard InChI is InChI=1S/C32H35N5OS/c1-19(2)31(38)34-27-14-13-25(17-21(27)4)37-30(29(35-32(37)39)28-12-7-8-15-33-28)26-18-22(5)36(23(26)6)24-11-9-10-20(3)16-24/h7-19,29-30H,1-6H3,(H,34,38)(H,35,39)/t29-,30-/m1/s1. The van der Waals surface area contributed by atoms with Crippen molar-refractivity contribution in [2.75, 3.05) is 10.2 Å². The van der Waals surface area contributed by atoms with E-state index in [0.29, 0.717) is 5.11 Å². The Balaban J connectivity index is 1.62. The summed E-state index contributed by atoms with van der Waals surface area (Å²) in [6.07, 6.45) is 1.83. The average molecular weight is 538 g/mol. The quantitative estimate of drug-likeness (QED) is 0.263. The van der Waals surface area contributed by atoms with E-state index in [2.05, 4.69) is 77.3 Å². The molecule has 0 radical (unpaired) electrons. The molecule has 1 fully saturated rings. The van der Waals surface area contributed by atoms with Crippen LogP contribution in [0, 0.1) is 33.6 Å². The molecule has 1 aliphatic rings. The molecule has 0 unspecified atom stereocenters. The van der Waals surface area contributed by atoms with Gasteiger partial charge in [0.1, 0.15) is 0 Å². The number of aromatic nitrogens is 2. The number of nitrogens with one attached hydrogen (secondary N) is 2. The largest absolute Gasteiger partial charge is 0.351 e. The molecule has 39 heavy (non-hydrogen) atoms. The summed E-state index contributed by atoms with van der Waals surface area (Å²) >= 11 is 5.96. The second-order valence-corrected chi connectivity index (χ2v) is 11.0. The zero-order chi connectivity index (χ0) is 27.8. The SMILES string of the molecule is Cc1cccc(-n2c(C)cc([C@@H]3[C@@H](c4ccccn4)NC(=S)N3c3ccc(NC(=O)C(C)C)c(C)c3)c2C)c1. The minimum Gasteiger partial charge on any atom is -0.351 e. The molecule has 0 saturated carbocycles. The van der Waals surface area contributed by atoms with Crippen LogP contribution in [0.3, 0.4) is 0 Å². The van der Waals surface area contributed by atoms with Gasteiger partial charge < -0.3 is 20.1 Å². The fourth-order valence-corrected chi connectivity index (χ4v) is 5.76. The third kappa shape index (κ3) is 5.06. The predicted octanol–water partition coefficient (Wildman–Crippen LogP) is 6.88. The summed E-state index contributed by atoms with van der Waals surface area (Å²) in [4.78, 5) is 19.2. The van der Waals surface area contributed by atoms with E-state index in [0.717, 1.165) is 39.7 Å². The Kier molecular flexibility index (Phi) is 7.28.